The number of nitrogens with zero attached hydrogens (tertiary/aromatic N) is 2. The van der Waals surface area contributed by atoms with E-state index in [1.807, 2.05) is 24.3 Å². The fourth-order valence-corrected chi connectivity index (χ4v) is 4.86. The summed E-state index contributed by atoms with van der Waals surface area (Å²) in [5.74, 6) is -0.245. The smallest absolute Gasteiger partial charge is 0.216 e. The van der Waals surface area contributed by atoms with Gasteiger partial charge in [0.25, 0.3) is 0 Å². The van der Waals surface area contributed by atoms with Crippen molar-refractivity contribution in [3.8, 4) is 0 Å². The van der Waals surface area contributed by atoms with Crippen molar-refractivity contribution in [2.24, 2.45) is 0 Å². The highest BCUT2D eigenvalue weighted by molar-refractivity contribution is 7.88. The average molecular weight is 428 g/mol. The van der Waals surface area contributed by atoms with Gasteiger partial charge in [-0.3, -0.25) is 0 Å². The van der Waals surface area contributed by atoms with Crippen molar-refractivity contribution in [3.05, 3.63) is 63.6 Å². The Balaban J connectivity index is 1.59. The van der Waals surface area contributed by atoms with Gasteiger partial charge in [0.05, 0.1) is 5.75 Å². The molecule has 2 aromatic carbocycles. The number of anilines is 1. The van der Waals surface area contributed by atoms with Crippen molar-refractivity contribution in [1.29, 1.82) is 0 Å². The van der Waals surface area contributed by atoms with Gasteiger partial charge in [0, 0.05) is 54.0 Å². The number of nitrogens with one attached hydrogen (secondary N) is 1. The molecular formula is C19H23Cl2N3O2S. The van der Waals surface area contributed by atoms with E-state index < -0.39 is 10.0 Å². The standard InChI is InChI=1S/C19H23Cl2N3O2S/c1-23-9-11-24(12-10-23)16-7-5-15(6-8-16)13-22-27(25,26)14-17-18(20)3-2-4-19(17)21/h2-8,22H,9-14H2,1H3. The molecular weight excluding hydrogens is 405 g/mol. The van der Waals surface area contributed by atoms with E-state index in [2.05, 4.69) is 21.6 Å². The summed E-state index contributed by atoms with van der Waals surface area (Å²) in [4.78, 5) is 4.65. The minimum absolute atomic E-state index is 0.230. The van der Waals surface area contributed by atoms with E-state index in [0.29, 0.717) is 15.6 Å². The second kappa shape index (κ2) is 8.80. The number of hydrogen-bond acceptors (Lipinski definition) is 4. The maximum atomic E-state index is 12.4. The van der Waals surface area contributed by atoms with Crippen molar-refractivity contribution in [3.63, 3.8) is 0 Å². The third-order valence-electron chi connectivity index (χ3n) is 4.70. The molecule has 0 saturated carbocycles. The predicted molar refractivity (Wildman–Crippen MR) is 112 cm³/mol. The van der Waals surface area contributed by atoms with Gasteiger partial charge in [-0.1, -0.05) is 41.4 Å². The van der Waals surface area contributed by atoms with Crippen molar-refractivity contribution >= 4 is 38.9 Å². The fourth-order valence-electron chi connectivity index (χ4n) is 2.99. The summed E-state index contributed by atoms with van der Waals surface area (Å²) in [5, 5.41) is 0.703. The summed E-state index contributed by atoms with van der Waals surface area (Å²) in [5.41, 5.74) is 2.48. The molecule has 5 nitrogen and oxygen atoms in total. The average Bonchev–Trinajstić information content (AvgIpc) is 2.65. The molecule has 0 atom stereocenters. The molecule has 146 valence electrons. The molecule has 0 amide bonds. The van der Waals surface area contributed by atoms with Crippen LogP contribution in [-0.2, 0) is 22.3 Å². The fraction of sp³-hybridized carbons (Fsp3) is 0.368. The highest BCUT2D eigenvalue weighted by atomic mass is 35.5. The molecule has 0 aliphatic carbocycles. The summed E-state index contributed by atoms with van der Waals surface area (Å²) < 4.78 is 27.4. The lowest BCUT2D eigenvalue weighted by Crippen LogP contribution is -2.44. The Kier molecular flexibility index (Phi) is 6.65. The molecule has 2 aromatic rings. The van der Waals surface area contributed by atoms with Crippen molar-refractivity contribution in [1.82, 2.24) is 9.62 Å². The quantitative estimate of drug-likeness (QED) is 0.767. The van der Waals surface area contributed by atoms with E-state index >= 15 is 0 Å². The number of piperazine rings is 1. The van der Waals surface area contributed by atoms with Gasteiger partial charge >= 0.3 is 0 Å². The minimum atomic E-state index is -3.55. The second-order valence-electron chi connectivity index (χ2n) is 6.74. The van der Waals surface area contributed by atoms with Gasteiger partial charge in [0.1, 0.15) is 0 Å². The molecule has 1 heterocycles. The number of benzene rings is 2. The van der Waals surface area contributed by atoms with Gasteiger partial charge in [-0.2, -0.15) is 0 Å². The first-order chi connectivity index (χ1) is 12.8. The van der Waals surface area contributed by atoms with Crippen molar-refractivity contribution in [2.45, 2.75) is 12.3 Å². The first-order valence-electron chi connectivity index (χ1n) is 8.77. The van der Waals surface area contributed by atoms with Crippen LogP contribution in [0.25, 0.3) is 0 Å². The predicted octanol–water partition coefficient (Wildman–Crippen LogP) is 3.36. The summed E-state index contributed by atoms with van der Waals surface area (Å²) in [6.07, 6.45) is 0. The maximum Gasteiger partial charge on any atom is 0.216 e. The topological polar surface area (TPSA) is 52.6 Å². The van der Waals surface area contributed by atoms with Crippen molar-refractivity contribution in [2.75, 3.05) is 38.1 Å². The van der Waals surface area contributed by atoms with Crippen LogP contribution < -0.4 is 9.62 Å². The molecule has 0 aromatic heterocycles. The Morgan fingerprint density at radius 1 is 0.963 bits per heavy atom. The lowest BCUT2D eigenvalue weighted by molar-refractivity contribution is 0.313. The molecule has 1 N–H and O–H groups in total. The molecule has 1 fully saturated rings. The van der Waals surface area contributed by atoms with Crippen LogP contribution in [0.4, 0.5) is 5.69 Å². The number of hydrogen-bond donors (Lipinski definition) is 1. The lowest BCUT2D eigenvalue weighted by Gasteiger charge is -2.34. The molecule has 1 aliphatic rings. The van der Waals surface area contributed by atoms with E-state index in [4.69, 9.17) is 23.2 Å². The third kappa shape index (κ3) is 5.59. The Morgan fingerprint density at radius 3 is 2.15 bits per heavy atom. The largest absolute Gasteiger partial charge is 0.369 e. The molecule has 0 bridgehead atoms. The molecule has 1 saturated heterocycles. The highest BCUT2D eigenvalue weighted by Gasteiger charge is 2.17. The maximum absolute atomic E-state index is 12.4. The van der Waals surface area contributed by atoms with Gasteiger partial charge in [-0.05, 0) is 36.9 Å². The van der Waals surface area contributed by atoms with Gasteiger partial charge in [0.2, 0.25) is 10.0 Å². The number of rotatable bonds is 6. The zero-order valence-electron chi connectivity index (χ0n) is 15.2. The zero-order chi connectivity index (χ0) is 19.4. The van der Waals surface area contributed by atoms with Crippen LogP contribution in [0.3, 0.4) is 0 Å². The van der Waals surface area contributed by atoms with Gasteiger partial charge in [-0.25, -0.2) is 13.1 Å². The Morgan fingerprint density at radius 2 is 1.56 bits per heavy atom. The Hall–Kier alpha value is -1.31. The van der Waals surface area contributed by atoms with Crippen LogP contribution in [0, 0.1) is 0 Å². The van der Waals surface area contributed by atoms with Crippen LogP contribution in [0.2, 0.25) is 10.0 Å². The molecule has 8 heteroatoms. The molecule has 0 radical (unpaired) electrons. The van der Waals surface area contributed by atoms with E-state index in [0.717, 1.165) is 37.4 Å². The summed E-state index contributed by atoms with van der Waals surface area (Å²) in [6.45, 7) is 4.33. The van der Waals surface area contributed by atoms with Crippen LogP contribution in [-0.4, -0.2) is 46.5 Å². The van der Waals surface area contributed by atoms with Crippen LogP contribution in [0.5, 0.6) is 0 Å². The molecule has 3 rings (SSSR count). The minimum Gasteiger partial charge on any atom is -0.369 e. The molecule has 1 aliphatic heterocycles. The number of halogens is 2. The molecule has 0 spiro atoms. The third-order valence-corrected chi connectivity index (χ3v) is 6.66. The lowest BCUT2D eigenvalue weighted by atomic mass is 10.2. The summed E-state index contributed by atoms with van der Waals surface area (Å²) in [6, 6.07) is 13.0. The number of likely N-dealkylation sites (N-methyl/N-ethyl adjacent to an activating group) is 1. The Bertz CT molecular complexity index is 860. The van der Waals surface area contributed by atoms with Crippen LogP contribution in [0.15, 0.2) is 42.5 Å². The number of sulfonamides is 1. The van der Waals surface area contributed by atoms with Crippen LogP contribution in [0.1, 0.15) is 11.1 Å². The zero-order valence-corrected chi connectivity index (χ0v) is 17.5. The molecule has 0 unspecified atom stereocenters. The van der Waals surface area contributed by atoms with Gasteiger partial charge < -0.3 is 9.80 Å². The first-order valence-corrected chi connectivity index (χ1v) is 11.2. The summed E-state index contributed by atoms with van der Waals surface area (Å²) >= 11 is 12.1. The normalized spacial score (nSPS) is 15.9. The van der Waals surface area contributed by atoms with Crippen LogP contribution >= 0.6 is 23.2 Å². The Labute approximate surface area is 170 Å². The van der Waals surface area contributed by atoms with E-state index in [1.54, 1.807) is 18.2 Å². The first kappa shape index (κ1) is 20.4. The second-order valence-corrected chi connectivity index (χ2v) is 9.36. The molecule has 27 heavy (non-hydrogen) atoms. The highest BCUT2D eigenvalue weighted by Crippen LogP contribution is 2.26. The van der Waals surface area contributed by atoms with E-state index in [1.165, 1.54) is 0 Å². The van der Waals surface area contributed by atoms with E-state index in [9.17, 15) is 8.42 Å². The van der Waals surface area contributed by atoms with Gasteiger partial charge in [-0.15, -0.1) is 0 Å². The van der Waals surface area contributed by atoms with E-state index in [-0.39, 0.29) is 12.3 Å². The monoisotopic (exact) mass is 427 g/mol. The van der Waals surface area contributed by atoms with Gasteiger partial charge in [0.15, 0.2) is 0 Å². The SMILES string of the molecule is CN1CCN(c2ccc(CNS(=O)(=O)Cc3c(Cl)cccc3Cl)cc2)CC1. The summed E-state index contributed by atoms with van der Waals surface area (Å²) in [7, 11) is -1.42. The van der Waals surface area contributed by atoms with Crippen molar-refractivity contribution < 1.29 is 8.42 Å².